The Labute approximate surface area is 121 Å². The fourth-order valence-corrected chi connectivity index (χ4v) is 1.92. The highest BCUT2D eigenvalue weighted by molar-refractivity contribution is 6.34. The molecule has 0 spiro atoms. The van der Waals surface area contributed by atoms with Crippen molar-refractivity contribution in [1.29, 1.82) is 5.26 Å². The Morgan fingerprint density at radius 3 is 2.80 bits per heavy atom. The molecular weight excluding hydrogens is 274 g/mol. The standard InChI is InChI=1S/C15H12ClN3O/c1-9-3-2-4-11(14(9)18)15(20)19-13-7-10(8-17)5-6-12(13)16/h2-7H,18H2,1H3,(H,19,20). The number of carbonyl (C=O) groups excluding carboxylic acids is 1. The Kier molecular flexibility index (Phi) is 3.92. The maximum absolute atomic E-state index is 12.2. The summed E-state index contributed by atoms with van der Waals surface area (Å²) in [6.45, 7) is 1.83. The Morgan fingerprint density at radius 1 is 1.35 bits per heavy atom. The number of nitrogens with one attached hydrogen (secondary N) is 1. The first-order valence-electron chi connectivity index (χ1n) is 5.89. The quantitative estimate of drug-likeness (QED) is 0.831. The highest BCUT2D eigenvalue weighted by Gasteiger charge is 2.13. The van der Waals surface area contributed by atoms with Crippen LogP contribution in [0.15, 0.2) is 36.4 Å². The third-order valence-corrected chi connectivity index (χ3v) is 3.24. The van der Waals surface area contributed by atoms with Crippen LogP contribution in [-0.4, -0.2) is 5.91 Å². The first-order valence-corrected chi connectivity index (χ1v) is 6.27. The van der Waals surface area contributed by atoms with Crippen LogP contribution in [0.3, 0.4) is 0 Å². The Bertz CT molecular complexity index is 720. The molecule has 0 bridgehead atoms. The summed E-state index contributed by atoms with van der Waals surface area (Å²) in [6.07, 6.45) is 0. The monoisotopic (exact) mass is 285 g/mol. The molecule has 1 amide bonds. The van der Waals surface area contributed by atoms with E-state index in [1.54, 1.807) is 24.3 Å². The number of amides is 1. The Hall–Kier alpha value is -2.51. The summed E-state index contributed by atoms with van der Waals surface area (Å²) in [6, 6.07) is 11.9. The molecule has 2 aromatic rings. The molecular formula is C15H12ClN3O. The number of para-hydroxylation sites is 1. The van der Waals surface area contributed by atoms with E-state index in [0.29, 0.717) is 27.5 Å². The zero-order chi connectivity index (χ0) is 14.7. The molecule has 3 N–H and O–H groups in total. The van der Waals surface area contributed by atoms with Gasteiger partial charge in [0.2, 0.25) is 0 Å². The number of benzene rings is 2. The van der Waals surface area contributed by atoms with E-state index in [0.717, 1.165) is 5.56 Å². The van der Waals surface area contributed by atoms with E-state index in [1.807, 2.05) is 19.1 Å². The summed E-state index contributed by atoms with van der Waals surface area (Å²) in [5.74, 6) is -0.358. The molecule has 0 aliphatic rings. The van der Waals surface area contributed by atoms with E-state index in [4.69, 9.17) is 22.6 Å². The van der Waals surface area contributed by atoms with E-state index in [-0.39, 0.29) is 5.91 Å². The third kappa shape index (κ3) is 2.73. The van der Waals surface area contributed by atoms with Gasteiger partial charge in [-0.25, -0.2) is 0 Å². The third-order valence-electron chi connectivity index (χ3n) is 2.91. The molecule has 20 heavy (non-hydrogen) atoms. The smallest absolute Gasteiger partial charge is 0.257 e. The van der Waals surface area contributed by atoms with Crippen molar-refractivity contribution in [2.24, 2.45) is 0 Å². The van der Waals surface area contributed by atoms with Crippen LogP contribution in [0.25, 0.3) is 0 Å². The van der Waals surface area contributed by atoms with Crippen LogP contribution in [0.1, 0.15) is 21.5 Å². The van der Waals surface area contributed by atoms with E-state index in [1.165, 1.54) is 6.07 Å². The van der Waals surface area contributed by atoms with Crippen molar-refractivity contribution >= 4 is 28.9 Å². The van der Waals surface area contributed by atoms with Gasteiger partial charge in [-0.1, -0.05) is 23.7 Å². The number of aryl methyl sites for hydroxylation is 1. The summed E-state index contributed by atoms with van der Waals surface area (Å²) in [7, 11) is 0. The second-order valence-corrected chi connectivity index (χ2v) is 4.70. The zero-order valence-electron chi connectivity index (χ0n) is 10.8. The molecule has 100 valence electrons. The number of hydrogen-bond donors (Lipinski definition) is 2. The highest BCUT2D eigenvalue weighted by atomic mass is 35.5. The molecule has 0 saturated carbocycles. The average Bonchev–Trinajstić information content (AvgIpc) is 2.44. The molecule has 5 heteroatoms. The van der Waals surface area contributed by atoms with E-state index in [9.17, 15) is 4.79 Å². The number of nitrogen functional groups attached to an aromatic ring is 1. The second kappa shape index (κ2) is 5.64. The predicted octanol–water partition coefficient (Wildman–Crippen LogP) is 3.35. The van der Waals surface area contributed by atoms with Gasteiger partial charge < -0.3 is 11.1 Å². The molecule has 0 aliphatic carbocycles. The number of rotatable bonds is 2. The molecule has 0 saturated heterocycles. The van der Waals surface area contributed by atoms with Gasteiger partial charge in [-0.05, 0) is 36.8 Å². The van der Waals surface area contributed by atoms with Crippen molar-refractivity contribution in [3.63, 3.8) is 0 Å². The lowest BCUT2D eigenvalue weighted by Gasteiger charge is -2.10. The average molecular weight is 286 g/mol. The molecule has 0 unspecified atom stereocenters. The topological polar surface area (TPSA) is 78.9 Å². The van der Waals surface area contributed by atoms with E-state index < -0.39 is 0 Å². The lowest BCUT2D eigenvalue weighted by molar-refractivity contribution is 0.102. The summed E-state index contributed by atoms with van der Waals surface area (Å²) in [5.41, 5.74) is 8.32. The SMILES string of the molecule is Cc1cccc(C(=O)Nc2cc(C#N)ccc2Cl)c1N. The second-order valence-electron chi connectivity index (χ2n) is 4.30. The first kappa shape index (κ1) is 13.9. The minimum Gasteiger partial charge on any atom is -0.398 e. The molecule has 0 heterocycles. The lowest BCUT2D eigenvalue weighted by Crippen LogP contribution is -2.15. The number of carbonyl (C=O) groups is 1. The predicted molar refractivity (Wildman–Crippen MR) is 79.7 cm³/mol. The minimum absolute atomic E-state index is 0.358. The molecule has 0 fully saturated rings. The van der Waals surface area contributed by atoms with Gasteiger partial charge in [0.1, 0.15) is 0 Å². The van der Waals surface area contributed by atoms with Crippen LogP contribution in [-0.2, 0) is 0 Å². The van der Waals surface area contributed by atoms with Crippen LogP contribution >= 0.6 is 11.6 Å². The molecule has 2 rings (SSSR count). The maximum Gasteiger partial charge on any atom is 0.257 e. The fraction of sp³-hybridized carbons (Fsp3) is 0.0667. The minimum atomic E-state index is -0.358. The largest absolute Gasteiger partial charge is 0.398 e. The first-order chi connectivity index (χ1) is 9.52. The van der Waals surface area contributed by atoms with Gasteiger partial charge in [0.05, 0.1) is 27.9 Å². The number of hydrogen-bond acceptors (Lipinski definition) is 3. The van der Waals surface area contributed by atoms with E-state index >= 15 is 0 Å². The van der Waals surface area contributed by atoms with Crippen molar-refractivity contribution < 1.29 is 4.79 Å². The van der Waals surface area contributed by atoms with Crippen molar-refractivity contribution in [2.45, 2.75) is 6.92 Å². The van der Waals surface area contributed by atoms with Gasteiger partial charge >= 0.3 is 0 Å². The van der Waals surface area contributed by atoms with Crippen LogP contribution < -0.4 is 11.1 Å². The molecule has 0 atom stereocenters. The van der Waals surface area contributed by atoms with Gasteiger partial charge in [0, 0.05) is 5.69 Å². The number of anilines is 2. The van der Waals surface area contributed by atoms with Crippen LogP contribution in [0.2, 0.25) is 5.02 Å². The zero-order valence-corrected chi connectivity index (χ0v) is 11.5. The normalized spacial score (nSPS) is 9.85. The molecule has 0 aromatic heterocycles. The lowest BCUT2D eigenvalue weighted by atomic mass is 10.1. The van der Waals surface area contributed by atoms with Crippen LogP contribution in [0, 0.1) is 18.3 Å². The summed E-state index contributed by atoms with van der Waals surface area (Å²) < 4.78 is 0. The van der Waals surface area contributed by atoms with Gasteiger partial charge in [-0.15, -0.1) is 0 Å². The van der Waals surface area contributed by atoms with Crippen LogP contribution in [0.5, 0.6) is 0 Å². The summed E-state index contributed by atoms with van der Waals surface area (Å²) in [4.78, 5) is 12.2. The molecule has 2 aromatic carbocycles. The molecule has 0 radical (unpaired) electrons. The number of halogens is 1. The summed E-state index contributed by atoms with van der Waals surface area (Å²) >= 11 is 6.00. The van der Waals surface area contributed by atoms with Gasteiger partial charge in [-0.2, -0.15) is 5.26 Å². The Morgan fingerprint density at radius 2 is 2.10 bits per heavy atom. The summed E-state index contributed by atoms with van der Waals surface area (Å²) in [5, 5.41) is 11.9. The Balaban J connectivity index is 2.33. The molecule has 0 aliphatic heterocycles. The number of nitrogens with two attached hydrogens (primary N) is 1. The number of nitriles is 1. The van der Waals surface area contributed by atoms with Gasteiger partial charge in [0.15, 0.2) is 0 Å². The number of nitrogens with zero attached hydrogens (tertiary/aromatic N) is 1. The van der Waals surface area contributed by atoms with E-state index in [2.05, 4.69) is 5.32 Å². The van der Waals surface area contributed by atoms with Gasteiger partial charge in [0.25, 0.3) is 5.91 Å². The van der Waals surface area contributed by atoms with Crippen LogP contribution in [0.4, 0.5) is 11.4 Å². The van der Waals surface area contributed by atoms with Crippen molar-refractivity contribution in [3.05, 3.63) is 58.1 Å². The molecule has 4 nitrogen and oxygen atoms in total. The van der Waals surface area contributed by atoms with Gasteiger partial charge in [-0.3, -0.25) is 4.79 Å². The maximum atomic E-state index is 12.2. The van der Waals surface area contributed by atoms with Crippen molar-refractivity contribution in [2.75, 3.05) is 11.1 Å². The highest BCUT2D eigenvalue weighted by Crippen LogP contribution is 2.24. The van der Waals surface area contributed by atoms with Crippen molar-refractivity contribution in [3.8, 4) is 6.07 Å². The van der Waals surface area contributed by atoms with Crippen molar-refractivity contribution in [1.82, 2.24) is 0 Å². The fourth-order valence-electron chi connectivity index (χ4n) is 1.76.